The normalized spacial score (nSPS) is 12.7. The molecule has 2 nitrogen and oxygen atoms in total. The second-order valence-electron chi connectivity index (χ2n) is 3.53. The van der Waals surface area contributed by atoms with E-state index in [1.54, 1.807) is 30.5 Å². The maximum atomic E-state index is 13.7. The summed E-state index contributed by atoms with van der Waals surface area (Å²) in [6.07, 6.45) is 2.07. The fourth-order valence-electron chi connectivity index (χ4n) is 1.56. The molecule has 0 saturated carbocycles. The van der Waals surface area contributed by atoms with E-state index in [0.29, 0.717) is 16.5 Å². The summed E-state index contributed by atoms with van der Waals surface area (Å²) in [5.74, 6) is 0.452. The van der Waals surface area contributed by atoms with Crippen molar-refractivity contribution in [2.75, 3.05) is 0 Å². The van der Waals surface area contributed by atoms with E-state index in [0.717, 1.165) is 5.76 Å². The molecule has 1 atom stereocenters. The molecule has 0 aliphatic heterocycles. The average molecular weight is 284 g/mol. The van der Waals surface area contributed by atoms with Crippen LogP contribution in [0, 0.1) is 5.82 Å². The lowest BCUT2D eigenvalue weighted by Gasteiger charge is -2.12. The highest BCUT2D eigenvalue weighted by Gasteiger charge is 2.14. The zero-order valence-electron chi connectivity index (χ0n) is 8.49. The molecule has 1 unspecified atom stereocenters. The Kier molecular flexibility index (Phi) is 3.41. The maximum Gasteiger partial charge on any atom is 0.142 e. The van der Waals surface area contributed by atoms with Gasteiger partial charge in [0.15, 0.2) is 0 Å². The number of furan rings is 1. The predicted octanol–water partition coefficient (Wildman–Crippen LogP) is 3.42. The summed E-state index contributed by atoms with van der Waals surface area (Å²) in [5.41, 5.74) is 6.43. The Hall–Kier alpha value is -1.13. The predicted molar refractivity (Wildman–Crippen MR) is 63.4 cm³/mol. The van der Waals surface area contributed by atoms with Crippen molar-refractivity contribution in [3.63, 3.8) is 0 Å². The van der Waals surface area contributed by atoms with Gasteiger partial charge in [-0.2, -0.15) is 0 Å². The zero-order chi connectivity index (χ0) is 11.5. The second-order valence-corrected chi connectivity index (χ2v) is 4.39. The summed E-state index contributed by atoms with van der Waals surface area (Å²) in [7, 11) is 0. The lowest BCUT2D eigenvalue weighted by molar-refractivity contribution is 0.481. The van der Waals surface area contributed by atoms with E-state index in [1.807, 2.05) is 6.07 Å². The van der Waals surface area contributed by atoms with Crippen molar-refractivity contribution in [3.8, 4) is 0 Å². The fraction of sp³-hybridized carbons (Fsp3) is 0.167. The number of hydrogen-bond acceptors (Lipinski definition) is 2. The Morgan fingerprint density at radius 3 is 2.81 bits per heavy atom. The number of hydrogen-bond donors (Lipinski definition) is 1. The quantitative estimate of drug-likeness (QED) is 0.938. The van der Waals surface area contributed by atoms with E-state index >= 15 is 0 Å². The molecular weight excluding hydrogens is 273 g/mol. The van der Waals surface area contributed by atoms with Crippen molar-refractivity contribution in [2.24, 2.45) is 5.73 Å². The first kappa shape index (κ1) is 11.4. The van der Waals surface area contributed by atoms with Gasteiger partial charge >= 0.3 is 0 Å². The first-order valence-corrected chi connectivity index (χ1v) is 5.69. The number of benzene rings is 1. The molecule has 2 rings (SSSR count). The Balaban J connectivity index is 2.21. The van der Waals surface area contributed by atoms with Crippen LogP contribution in [0.25, 0.3) is 0 Å². The highest BCUT2D eigenvalue weighted by atomic mass is 79.9. The molecule has 0 fully saturated rings. The molecule has 2 aromatic rings. The smallest absolute Gasteiger partial charge is 0.142 e. The Bertz CT molecular complexity index is 470. The Labute approximate surface area is 101 Å². The number of rotatable bonds is 3. The van der Waals surface area contributed by atoms with Crippen LogP contribution in [0.3, 0.4) is 0 Å². The van der Waals surface area contributed by atoms with Gasteiger partial charge in [-0.25, -0.2) is 4.39 Å². The summed E-state index contributed by atoms with van der Waals surface area (Å²) in [6.45, 7) is 0. The second kappa shape index (κ2) is 4.80. The van der Waals surface area contributed by atoms with Gasteiger partial charge in [0.05, 0.1) is 10.7 Å². The third kappa shape index (κ3) is 2.33. The molecule has 0 aliphatic carbocycles. The SMILES string of the molecule is NC(Cc1ccco1)c1cccc(Br)c1F. The fourth-order valence-corrected chi connectivity index (χ4v) is 1.94. The molecule has 2 N–H and O–H groups in total. The van der Waals surface area contributed by atoms with Crippen LogP contribution in [0.5, 0.6) is 0 Å². The van der Waals surface area contributed by atoms with E-state index in [9.17, 15) is 4.39 Å². The molecule has 84 valence electrons. The molecule has 1 aromatic heterocycles. The van der Waals surface area contributed by atoms with Crippen LogP contribution in [0.2, 0.25) is 0 Å². The monoisotopic (exact) mass is 283 g/mol. The maximum absolute atomic E-state index is 13.7. The summed E-state index contributed by atoms with van der Waals surface area (Å²) in [5, 5.41) is 0. The van der Waals surface area contributed by atoms with Crippen LogP contribution in [-0.4, -0.2) is 0 Å². The van der Waals surface area contributed by atoms with E-state index in [-0.39, 0.29) is 5.82 Å². The standard InChI is InChI=1S/C12H11BrFNO/c13-10-5-1-4-9(12(10)14)11(15)7-8-3-2-6-16-8/h1-6,11H,7,15H2. The minimum absolute atomic E-state index is 0.304. The third-order valence-electron chi connectivity index (χ3n) is 2.38. The molecule has 4 heteroatoms. The van der Waals surface area contributed by atoms with Crippen LogP contribution in [0.15, 0.2) is 45.5 Å². The Morgan fingerprint density at radius 2 is 2.12 bits per heavy atom. The topological polar surface area (TPSA) is 39.2 Å². The van der Waals surface area contributed by atoms with Crippen LogP contribution in [0.4, 0.5) is 4.39 Å². The molecule has 0 bridgehead atoms. The summed E-state index contributed by atoms with van der Waals surface area (Å²) in [4.78, 5) is 0. The first-order chi connectivity index (χ1) is 7.68. The van der Waals surface area contributed by atoms with Crippen molar-refractivity contribution in [2.45, 2.75) is 12.5 Å². The number of halogens is 2. The van der Waals surface area contributed by atoms with Crippen molar-refractivity contribution in [1.82, 2.24) is 0 Å². The molecule has 1 heterocycles. The summed E-state index contributed by atoms with van der Waals surface area (Å²) < 4.78 is 19.3. The molecule has 0 aliphatic rings. The largest absolute Gasteiger partial charge is 0.469 e. The lowest BCUT2D eigenvalue weighted by atomic mass is 10.0. The van der Waals surface area contributed by atoms with Crippen LogP contribution in [0.1, 0.15) is 17.4 Å². The molecule has 16 heavy (non-hydrogen) atoms. The van der Waals surface area contributed by atoms with Crippen LogP contribution in [-0.2, 0) is 6.42 Å². The van der Waals surface area contributed by atoms with E-state index in [2.05, 4.69) is 15.9 Å². The van der Waals surface area contributed by atoms with Gasteiger partial charge in [0.1, 0.15) is 11.6 Å². The minimum atomic E-state index is -0.399. The molecule has 0 spiro atoms. The van der Waals surface area contributed by atoms with Crippen molar-refractivity contribution < 1.29 is 8.81 Å². The van der Waals surface area contributed by atoms with Crippen LogP contribution < -0.4 is 5.73 Å². The number of nitrogens with two attached hydrogens (primary N) is 1. The molecule has 0 radical (unpaired) electrons. The Morgan fingerprint density at radius 1 is 1.31 bits per heavy atom. The molecule has 1 aromatic carbocycles. The van der Waals surface area contributed by atoms with Crippen molar-refractivity contribution in [1.29, 1.82) is 0 Å². The molecule has 0 amide bonds. The van der Waals surface area contributed by atoms with Gasteiger partial charge in [-0.15, -0.1) is 0 Å². The van der Waals surface area contributed by atoms with Gasteiger partial charge in [0.2, 0.25) is 0 Å². The van der Waals surface area contributed by atoms with Crippen molar-refractivity contribution >= 4 is 15.9 Å². The van der Waals surface area contributed by atoms with Gasteiger partial charge < -0.3 is 10.2 Å². The first-order valence-electron chi connectivity index (χ1n) is 4.90. The zero-order valence-corrected chi connectivity index (χ0v) is 10.1. The summed E-state index contributed by atoms with van der Waals surface area (Å²) >= 11 is 3.14. The van der Waals surface area contributed by atoms with Gasteiger partial charge in [0.25, 0.3) is 0 Å². The van der Waals surface area contributed by atoms with Crippen molar-refractivity contribution in [3.05, 3.63) is 58.2 Å². The molecular formula is C12H11BrFNO. The van der Waals surface area contributed by atoms with E-state index < -0.39 is 6.04 Å². The van der Waals surface area contributed by atoms with Crippen LogP contribution >= 0.6 is 15.9 Å². The molecule has 0 saturated heterocycles. The van der Waals surface area contributed by atoms with Gasteiger partial charge in [-0.3, -0.25) is 0 Å². The third-order valence-corrected chi connectivity index (χ3v) is 2.99. The van der Waals surface area contributed by atoms with E-state index in [1.165, 1.54) is 0 Å². The minimum Gasteiger partial charge on any atom is -0.469 e. The average Bonchev–Trinajstić information content (AvgIpc) is 2.74. The van der Waals surface area contributed by atoms with Gasteiger partial charge in [-0.1, -0.05) is 12.1 Å². The highest BCUT2D eigenvalue weighted by molar-refractivity contribution is 9.10. The van der Waals surface area contributed by atoms with E-state index in [4.69, 9.17) is 10.2 Å². The lowest BCUT2D eigenvalue weighted by Crippen LogP contribution is -2.14. The summed E-state index contributed by atoms with van der Waals surface area (Å²) in [6, 6.07) is 8.33. The van der Waals surface area contributed by atoms with Gasteiger partial charge in [0, 0.05) is 18.0 Å². The highest BCUT2D eigenvalue weighted by Crippen LogP contribution is 2.24. The van der Waals surface area contributed by atoms with Gasteiger partial charge in [-0.05, 0) is 34.1 Å².